The van der Waals surface area contributed by atoms with E-state index in [0.29, 0.717) is 0 Å². The van der Waals surface area contributed by atoms with Gasteiger partial charge in [-0.25, -0.2) is 0 Å². The zero-order chi connectivity index (χ0) is 19.5. The molecule has 0 aromatic heterocycles. The molecular weight excluding hydrogens is 328 g/mol. The summed E-state index contributed by atoms with van der Waals surface area (Å²) in [7, 11) is 1.78. The first-order valence-corrected chi connectivity index (χ1v) is 11.1. The first-order chi connectivity index (χ1) is 13.1. The predicted molar refractivity (Wildman–Crippen MR) is 120 cm³/mol. The molecule has 1 heteroatoms. The van der Waals surface area contributed by atoms with Crippen molar-refractivity contribution in [2.45, 2.75) is 78.6 Å². The maximum Gasteiger partial charge on any atom is 0.0464 e. The minimum Gasteiger partial charge on any atom is -0.385 e. The van der Waals surface area contributed by atoms with Gasteiger partial charge in [-0.2, -0.15) is 0 Å². The van der Waals surface area contributed by atoms with E-state index in [1.54, 1.807) is 7.11 Å². The van der Waals surface area contributed by atoms with Crippen molar-refractivity contribution < 1.29 is 4.74 Å². The Bertz CT molecular complexity index is 611. The topological polar surface area (TPSA) is 9.23 Å². The molecule has 0 N–H and O–H groups in total. The molecule has 1 nitrogen and oxygen atoms in total. The van der Waals surface area contributed by atoms with E-state index in [4.69, 9.17) is 4.74 Å². The molecule has 0 radical (unpaired) electrons. The van der Waals surface area contributed by atoms with Crippen LogP contribution in [-0.2, 0) is 4.74 Å². The molecule has 0 atom stereocenters. The van der Waals surface area contributed by atoms with Crippen molar-refractivity contribution in [2.75, 3.05) is 13.7 Å². The maximum absolute atomic E-state index is 4.95. The number of hydrogen-bond acceptors (Lipinski definition) is 1. The van der Waals surface area contributed by atoms with Crippen LogP contribution in [0.25, 0.3) is 10.8 Å². The van der Waals surface area contributed by atoms with E-state index in [1.165, 1.54) is 79.7 Å². The molecule has 150 valence electrons. The van der Waals surface area contributed by atoms with Gasteiger partial charge in [-0.05, 0) is 42.9 Å². The molecule has 0 bridgehead atoms. The Labute approximate surface area is 167 Å². The number of benzene rings is 2. The molecule has 0 amide bonds. The molecule has 0 saturated heterocycles. The molecule has 0 heterocycles. The first-order valence-electron chi connectivity index (χ1n) is 11.1. The summed E-state index contributed by atoms with van der Waals surface area (Å²) in [5.41, 5.74) is 2.65. The fourth-order valence-electron chi connectivity index (χ4n) is 3.74. The number of rotatable bonds is 5. The second kappa shape index (κ2) is 12.2. The third kappa shape index (κ3) is 8.05. The summed E-state index contributed by atoms with van der Waals surface area (Å²) in [6, 6.07) is 13.1. The van der Waals surface area contributed by atoms with Crippen LogP contribution in [0, 0.1) is 25.7 Å². The average Bonchev–Trinajstić information content (AvgIpc) is 2.58. The van der Waals surface area contributed by atoms with Gasteiger partial charge in [0.15, 0.2) is 0 Å². The second-order valence-electron chi connectivity index (χ2n) is 8.52. The number of methoxy groups -OCH3 is 1. The highest BCUT2D eigenvalue weighted by molar-refractivity contribution is 5.83. The second-order valence-corrected chi connectivity index (χ2v) is 8.52. The number of ether oxygens (including phenoxy) is 1. The van der Waals surface area contributed by atoms with Crippen LogP contribution in [0.2, 0.25) is 0 Å². The van der Waals surface area contributed by atoms with E-state index in [0.717, 1.165) is 18.4 Å². The molecule has 2 fully saturated rings. The molecule has 4 rings (SSSR count). The van der Waals surface area contributed by atoms with Crippen LogP contribution in [0.5, 0.6) is 0 Å². The third-order valence-electron chi connectivity index (χ3n) is 6.03. The number of fused-ring (bicyclic) bond motifs is 1. The molecule has 2 aliphatic carbocycles. The zero-order valence-corrected chi connectivity index (χ0v) is 18.1. The molecular formula is C26H40O. The Morgan fingerprint density at radius 3 is 1.59 bits per heavy atom. The molecule has 2 aromatic carbocycles. The lowest BCUT2D eigenvalue weighted by atomic mass is 9.82. The van der Waals surface area contributed by atoms with Gasteiger partial charge in [-0.3, -0.25) is 0 Å². The fraction of sp³-hybridized carbons (Fsp3) is 0.615. The van der Waals surface area contributed by atoms with E-state index >= 15 is 0 Å². The highest BCUT2D eigenvalue weighted by Crippen LogP contribution is 2.30. The standard InChI is InChI=1S/C12H12.C7H14O.C7H14/c1-9-3-5-12-8-10(2)4-6-11(12)7-9;1-8-6-5-7-3-2-4-7;1-2-4-7-5-3-6-7/h3-8H,1-2H3;7H,2-6H2,1H3;7H,2-6H2,1H3. The Hall–Kier alpha value is -1.34. The smallest absolute Gasteiger partial charge is 0.0464 e. The normalized spacial score (nSPS) is 16.4. The quantitative estimate of drug-likeness (QED) is 0.522. The van der Waals surface area contributed by atoms with Crippen LogP contribution >= 0.6 is 0 Å². The van der Waals surface area contributed by atoms with Crippen LogP contribution in [0.1, 0.15) is 75.8 Å². The van der Waals surface area contributed by atoms with E-state index < -0.39 is 0 Å². The fourth-order valence-corrected chi connectivity index (χ4v) is 3.74. The molecule has 2 saturated carbocycles. The van der Waals surface area contributed by atoms with Crippen molar-refractivity contribution in [3.8, 4) is 0 Å². The average molecular weight is 369 g/mol. The van der Waals surface area contributed by atoms with E-state index in [-0.39, 0.29) is 0 Å². The van der Waals surface area contributed by atoms with E-state index in [2.05, 4.69) is 57.2 Å². The van der Waals surface area contributed by atoms with Crippen LogP contribution in [0.3, 0.4) is 0 Å². The zero-order valence-electron chi connectivity index (χ0n) is 18.1. The van der Waals surface area contributed by atoms with Crippen molar-refractivity contribution in [2.24, 2.45) is 11.8 Å². The van der Waals surface area contributed by atoms with Crippen LogP contribution in [0.15, 0.2) is 36.4 Å². The highest BCUT2D eigenvalue weighted by Gasteiger charge is 2.16. The van der Waals surface area contributed by atoms with Gasteiger partial charge in [0, 0.05) is 13.7 Å². The molecule has 0 spiro atoms. The van der Waals surface area contributed by atoms with E-state index in [1.807, 2.05) is 0 Å². The summed E-state index contributed by atoms with van der Waals surface area (Å²) in [6.45, 7) is 7.49. The molecule has 0 unspecified atom stereocenters. The van der Waals surface area contributed by atoms with Crippen molar-refractivity contribution in [1.29, 1.82) is 0 Å². The van der Waals surface area contributed by atoms with Crippen molar-refractivity contribution in [3.63, 3.8) is 0 Å². The monoisotopic (exact) mass is 368 g/mol. The Balaban J connectivity index is 0.000000153. The van der Waals surface area contributed by atoms with Gasteiger partial charge in [-0.1, -0.05) is 106 Å². The largest absolute Gasteiger partial charge is 0.385 e. The Morgan fingerprint density at radius 2 is 1.26 bits per heavy atom. The maximum atomic E-state index is 4.95. The van der Waals surface area contributed by atoms with Crippen molar-refractivity contribution >= 4 is 10.8 Å². The molecule has 0 aliphatic heterocycles. The van der Waals surface area contributed by atoms with Gasteiger partial charge in [0.2, 0.25) is 0 Å². The van der Waals surface area contributed by atoms with Gasteiger partial charge in [0.05, 0.1) is 0 Å². The summed E-state index contributed by atoms with van der Waals surface area (Å²) >= 11 is 0. The summed E-state index contributed by atoms with van der Waals surface area (Å²) in [5.74, 6) is 2.14. The van der Waals surface area contributed by atoms with E-state index in [9.17, 15) is 0 Å². The van der Waals surface area contributed by atoms with Gasteiger partial charge in [0.25, 0.3) is 0 Å². The van der Waals surface area contributed by atoms with Crippen LogP contribution in [-0.4, -0.2) is 13.7 Å². The van der Waals surface area contributed by atoms with Gasteiger partial charge in [0.1, 0.15) is 0 Å². The van der Waals surface area contributed by atoms with Crippen molar-refractivity contribution in [1.82, 2.24) is 0 Å². The van der Waals surface area contributed by atoms with Crippen LogP contribution < -0.4 is 0 Å². The summed E-state index contributed by atoms with van der Waals surface area (Å²) in [5, 5.41) is 2.67. The SMILES string of the molecule is CCCC1CCC1.COCCC1CCC1.Cc1ccc2cc(C)ccc2c1. The van der Waals surface area contributed by atoms with Crippen LogP contribution in [0.4, 0.5) is 0 Å². The minimum atomic E-state index is 0.963. The number of aryl methyl sites for hydroxylation is 2. The lowest BCUT2D eigenvalue weighted by molar-refractivity contribution is 0.154. The third-order valence-corrected chi connectivity index (χ3v) is 6.03. The Kier molecular flexibility index (Phi) is 9.91. The number of hydrogen-bond donors (Lipinski definition) is 0. The summed E-state index contributed by atoms with van der Waals surface area (Å²) in [6.07, 6.45) is 13.1. The lowest BCUT2D eigenvalue weighted by Crippen LogP contribution is -2.12. The summed E-state index contributed by atoms with van der Waals surface area (Å²) < 4.78 is 4.95. The predicted octanol–water partition coefficient (Wildman–Crippen LogP) is 7.87. The molecule has 2 aromatic rings. The van der Waals surface area contributed by atoms with Crippen molar-refractivity contribution in [3.05, 3.63) is 47.5 Å². The first kappa shape index (κ1) is 22.0. The highest BCUT2D eigenvalue weighted by atomic mass is 16.5. The van der Waals surface area contributed by atoms with Gasteiger partial charge < -0.3 is 4.74 Å². The molecule has 2 aliphatic rings. The minimum absolute atomic E-state index is 0.963. The van der Waals surface area contributed by atoms with Gasteiger partial charge >= 0.3 is 0 Å². The molecule has 27 heavy (non-hydrogen) atoms. The van der Waals surface area contributed by atoms with Gasteiger partial charge in [-0.15, -0.1) is 0 Å². The lowest BCUT2D eigenvalue weighted by Gasteiger charge is -2.24. The summed E-state index contributed by atoms with van der Waals surface area (Å²) in [4.78, 5) is 0. The Morgan fingerprint density at radius 1 is 0.778 bits per heavy atom.